The topological polar surface area (TPSA) is 173 Å². The third-order valence-corrected chi connectivity index (χ3v) is 17.1. The first-order valence-electron chi connectivity index (χ1n) is 24.9. The van der Waals surface area contributed by atoms with Crippen molar-refractivity contribution in [1.29, 1.82) is 0 Å². The van der Waals surface area contributed by atoms with E-state index in [1.807, 2.05) is 0 Å². The number of hydrogen-bond donors (Lipinski definition) is 0. The first-order valence-corrected chi connectivity index (χ1v) is 26.6. The molecule has 7 aromatic rings. The van der Waals surface area contributed by atoms with Crippen LogP contribution >= 0.6 is 23.1 Å². The van der Waals surface area contributed by atoms with Crippen LogP contribution in [0.4, 0.5) is 0 Å². The average molecular weight is 1070 g/mol. The van der Waals surface area contributed by atoms with Crippen molar-refractivity contribution in [2.75, 3.05) is 0 Å². The summed E-state index contributed by atoms with van der Waals surface area (Å²) in [5, 5.41) is -1.18. The number of thiophene rings is 1. The van der Waals surface area contributed by atoms with Crippen molar-refractivity contribution in [1.82, 2.24) is 0 Å². The third kappa shape index (κ3) is 8.14. The predicted molar refractivity (Wildman–Crippen MR) is 290 cm³/mol. The maximum absolute atomic E-state index is 16.0. The van der Waals surface area contributed by atoms with Crippen molar-refractivity contribution >= 4 is 81.8 Å². The highest BCUT2D eigenvalue weighted by Gasteiger charge is 2.76. The Morgan fingerprint density at radius 3 is 1.22 bits per heavy atom. The molecule has 2 unspecified atom stereocenters. The molecule has 6 aromatic carbocycles. The van der Waals surface area contributed by atoms with Crippen molar-refractivity contribution in [3.8, 4) is 0 Å². The van der Waals surface area contributed by atoms with Crippen LogP contribution < -0.4 is 0 Å². The lowest BCUT2D eigenvalue weighted by atomic mass is 9.71. The molecule has 5 aliphatic rings. The molecular formula is C64H42O12S2. The van der Waals surface area contributed by atoms with Gasteiger partial charge < -0.3 is 18.9 Å². The third-order valence-electron chi connectivity index (χ3n) is 14.7. The summed E-state index contributed by atoms with van der Waals surface area (Å²) < 4.78 is 25.1. The van der Waals surface area contributed by atoms with Crippen molar-refractivity contribution in [2.45, 2.75) is 37.1 Å². The second-order valence-electron chi connectivity index (χ2n) is 19.1. The van der Waals surface area contributed by atoms with Crippen LogP contribution in [0.2, 0.25) is 0 Å². The van der Waals surface area contributed by atoms with Gasteiger partial charge in [0.1, 0.15) is 26.4 Å². The van der Waals surface area contributed by atoms with E-state index in [1.54, 1.807) is 176 Å². The van der Waals surface area contributed by atoms with Gasteiger partial charge in [0.2, 0.25) is 5.41 Å². The number of Topliss-reactive ketones (excluding diaryl/α,β-unsaturated/α-hetero) is 4. The van der Waals surface area contributed by atoms with E-state index in [1.165, 1.54) is 18.2 Å². The van der Waals surface area contributed by atoms with Gasteiger partial charge in [0.15, 0.2) is 28.5 Å². The molecule has 12 rings (SSSR count). The minimum atomic E-state index is -2.60. The van der Waals surface area contributed by atoms with E-state index in [0.29, 0.717) is 22.3 Å². The molecule has 0 saturated heterocycles. The van der Waals surface area contributed by atoms with E-state index >= 15 is 19.2 Å². The summed E-state index contributed by atoms with van der Waals surface area (Å²) >= 11 is 2.01. The first-order chi connectivity index (χ1) is 38.0. The molecule has 0 saturated carbocycles. The Morgan fingerprint density at radius 2 is 0.821 bits per heavy atom. The molecule has 0 radical (unpaired) electrons. The number of ether oxygens (including phenoxy) is 4. The minimum Gasteiger partial charge on any atom is -0.460 e. The predicted octanol–water partition coefficient (Wildman–Crippen LogP) is 10.8. The number of fused-ring (bicyclic) bond motifs is 6. The fraction of sp³-hybridized carbons (Fsp3) is 0.125. The van der Waals surface area contributed by atoms with Crippen LogP contribution in [0.5, 0.6) is 0 Å². The molecule has 12 nitrogen and oxygen atoms in total. The Balaban J connectivity index is 1.11. The Bertz CT molecular complexity index is 3650. The highest BCUT2D eigenvalue weighted by Crippen LogP contribution is 2.71. The van der Waals surface area contributed by atoms with Crippen LogP contribution in [0.1, 0.15) is 79.0 Å². The van der Waals surface area contributed by atoms with Crippen molar-refractivity contribution in [2.24, 2.45) is 11.3 Å². The zero-order chi connectivity index (χ0) is 53.7. The molecule has 0 bridgehead atoms. The van der Waals surface area contributed by atoms with Gasteiger partial charge in [-0.15, -0.1) is 23.1 Å². The van der Waals surface area contributed by atoms with Gasteiger partial charge in [0, 0.05) is 59.2 Å². The molecule has 1 aromatic heterocycles. The van der Waals surface area contributed by atoms with Crippen molar-refractivity contribution in [3.63, 3.8) is 0 Å². The molecule has 0 spiro atoms. The number of allylic oxidation sites excluding steroid dienone is 4. The Labute approximate surface area is 454 Å². The van der Waals surface area contributed by atoms with Crippen molar-refractivity contribution in [3.05, 3.63) is 270 Å². The highest BCUT2D eigenvalue weighted by molar-refractivity contribution is 8.04. The molecular weight excluding hydrogens is 1020 g/mol. The fourth-order valence-electron chi connectivity index (χ4n) is 11.0. The van der Waals surface area contributed by atoms with Gasteiger partial charge in [-0.3, -0.25) is 38.4 Å². The Hall–Kier alpha value is -9.11. The Kier molecular flexibility index (Phi) is 12.8. The van der Waals surface area contributed by atoms with Crippen LogP contribution in [-0.4, -0.2) is 52.3 Å². The number of rotatable bonds is 14. The zero-order valence-corrected chi connectivity index (χ0v) is 42.8. The van der Waals surface area contributed by atoms with E-state index in [0.717, 1.165) is 23.1 Å². The van der Waals surface area contributed by atoms with Gasteiger partial charge in [0.05, 0.1) is 11.1 Å². The normalized spacial score (nSPS) is 17.9. The molecule has 2 atom stereocenters. The maximum atomic E-state index is 16.0. The first kappa shape index (κ1) is 49.7. The van der Waals surface area contributed by atoms with E-state index in [2.05, 4.69) is 0 Å². The molecule has 2 heterocycles. The minimum absolute atomic E-state index is 0.0279. The van der Waals surface area contributed by atoms with E-state index in [-0.39, 0.29) is 91.2 Å². The van der Waals surface area contributed by atoms with Crippen LogP contribution in [0.25, 0.3) is 11.6 Å². The fourth-order valence-corrected chi connectivity index (χ4v) is 13.9. The van der Waals surface area contributed by atoms with Gasteiger partial charge in [-0.25, -0.2) is 0 Å². The summed E-state index contributed by atoms with van der Waals surface area (Å²) in [4.78, 5) is 121. The lowest BCUT2D eigenvalue weighted by Gasteiger charge is -2.34. The van der Waals surface area contributed by atoms with E-state index in [9.17, 15) is 19.2 Å². The van der Waals surface area contributed by atoms with Gasteiger partial charge in [-0.2, -0.15) is 0 Å². The SMILES string of the molecule is O=C1C(=CC2=CC3C(S2)C2=C(c4sc(C=C5C(=O)c6ccccc6C5=O)cc4C2(C(=O)OCc2ccccc2)C(=O)OCc2ccccc2)C3(C(=O)OCc2ccccc2)C(=O)OCc2ccccc2)C(=O)c2ccccc21. The molecule has 0 N–H and O–H groups in total. The van der Waals surface area contributed by atoms with Crippen LogP contribution in [0.15, 0.2) is 210 Å². The summed E-state index contributed by atoms with van der Waals surface area (Å²) in [5.74, 6) is -7.85. The van der Waals surface area contributed by atoms with E-state index < -0.39 is 69.0 Å². The number of esters is 4. The lowest BCUT2D eigenvalue weighted by molar-refractivity contribution is -0.171. The molecule has 78 heavy (non-hydrogen) atoms. The standard InChI is InChI=1S/C64H42O12S2/c65-53-43-25-13-14-26-44(43)54(66)47(53)29-41-31-49-57(77-41)52-51(63(49,59(69)73-33-37-17-5-1-6-18-37)60(70)74-34-38-19-7-2-8-20-38)58-50(32-42(78-58)30-48-55(67)45-27-15-16-28-46(45)56(48)68)64(52,61(71)75-35-39-21-9-3-10-22-39)62(72)76-36-40-23-11-4-12-24-40/h1-32,49,57H,33-36H2. The monoisotopic (exact) mass is 1070 g/mol. The van der Waals surface area contributed by atoms with Crippen LogP contribution in [0.3, 0.4) is 0 Å². The number of ketones is 4. The number of hydrogen-bond acceptors (Lipinski definition) is 14. The van der Waals surface area contributed by atoms with Gasteiger partial charge in [-0.1, -0.05) is 176 Å². The quantitative estimate of drug-likeness (QED) is 0.0331. The Morgan fingerprint density at radius 1 is 0.462 bits per heavy atom. The molecule has 382 valence electrons. The summed E-state index contributed by atoms with van der Waals surface area (Å²) in [5.41, 5.74) is -2.48. The van der Waals surface area contributed by atoms with Crippen molar-refractivity contribution < 1.29 is 57.3 Å². The van der Waals surface area contributed by atoms with E-state index in [4.69, 9.17) is 18.9 Å². The lowest BCUT2D eigenvalue weighted by Crippen LogP contribution is -2.50. The average Bonchev–Trinajstić information content (AvgIpc) is 3.88. The zero-order valence-electron chi connectivity index (χ0n) is 41.2. The second kappa shape index (κ2) is 20.1. The molecule has 0 fully saturated rings. The maximum Gasteiger partial charge on any atom is 0.332 e. The number of thioether (sulfide) groups is 1. The van der Waals surface area contributed by atoms with Crippen LogP contribution in [-0.2, 0) is 70.0 Å². The van der Waals surface area contributed by atoms with Gasteiger partial charge in [-0.05, 0) is 46.0 Å². The molecule has 1 aliphatic heterocycles. The molecule has 14 heteroatoms. The summed E-state index contributed by atoms with van der Waals surface area (Å²) in [6.45, 7) is -1.27. The largest absolute Gasteiger partial charge is 0.460 e. The molecule has 0 amide bonds. The summed E-state index contributed by atoms with van der Waals surface area (Å²) in [7, 11) is 0. The second-order valence-corrected chi connectivity index (χ2v) is 21.4. The van der Waals surface area contributed by atoms with Gasteiger partial charge >= 0.3 is 23.9 Å². The number of carbonyl (C=O) groups excluding carboxylic acids is 8. The smallest absolute Gasteiger partial charge is 0.332 e. The number of benzene rings is 6. The van der Waals surface area contributed by atoms with Gasteiger partial charge in [0.25, 0.3) is 0 Å². The number of carbonyl (C=O) groups is 8. The van der Waals surface area contributed by atoms with Crippen LogP contribution in [0, 0.1) is 11.3 Å². The summed E-state index contributed by atoms with van der Waals surface area (Å²) in [6, 6.07) is 49.5. The highest BCUT2D eigenvalue weighted by atomic mass is 32.2. The molecule has 4 aliphatic carbocycles. The summed E-state index contributed by atoms with van der Waals surface area (Å²) in [6.07, 6.45) is 4.39.